The molecule has 1 heterocycles. The lowest BCUT2D eigenvalue weighted by atomic mass is 10.2. The molecule has 0 amide bonds. The molecule has 4 nitrogen and oxygen atoms in total. The molecule has 0 aliphatic rings. The lowest BCUT2D eigenvalue weighted by molar-refractivity contribution is 0.284. The van der Waals surface area contributed by atoms with Gasteiger partial charge in [-0.15, -0.1) is 0 Å². The number of unbranched alkanes of at least 4 members (excludes halogenated alkanes) is 1. The second-order valence-electron chi connectivity index (χ2n) is 6.76. The van der Waals surface area contributed by atoms with Crippen LogP contribution in [0.15, 0.2) is 72.8 Å². The van der Waals surface area contributed by atoms with Gasteiger partial charge in [0.05, 0.1) is 29.8 Å². The van der Waals surface area contributed by atoms with Gasteiger partial charge >= 0.3 is 0 Å². The summed E-state index contributed by atoms with van der Waals surface area (Å²) in [4.78, 5) is 4.84. The molecule has 0 aliphatic heterocycles. The molecule has 0 saturated heterocycles. The monoisotopic (exact) mass is 406 g/mol. The summed E-state index contributed by atoms with van der Waals surface area (Å²) < 4.78 is 13.5. The Labute approximate surface area is 175 Å². The summed E-state index contributed by atoms with van der Waals surface area (Å²) in [6.45, 7) is 1.48. The summed E-state index contributed by atoms with van der Waals surface area (Å²) in [6.07, 6.45) is 1.89. The molecule has 4 aromatic rings. The maximum atomic E-state index is 6.45. The predicted octanol–water partition coefficient (Wildman–Crippen LogP) is 6.22. The molecule has 0 spiro atoms. The fourth-order valence-corrected chi connectivity index (χ4v) is 3.66. The Balaban J connectivity index is 1.48. The van der Waals surface area contributed by atoms with Crippen LogP contribution in [0, 0.1) is 0 Å². The molecular weight excluding hydrogens is 384 g/mol. The zero-order chi connectivity index (χ0) is 20.1. The van der Waals surface area contributed by atoms with Gasteiger partial charge < -0.3 is 14.0 Å². The molecule has 0 fully saturated rings. The first-order valence-electron chi connectivity index (χ1n) is 9.74. The minimum absolute atomic E-state index is 0.633. The third-order valence-electron chi connectivity index (χ3n) is 4.87. The van der Waals surface area contributed by atoms with Crippen LogP contribution in [-0.2, 0) is 6.54 Å². The van der Waals surface area contributed by atoms with Crippen molar-refractivity contribution < 1.29 is 9.47 Å². The first-order valence-corrected chi connectivity index (χ1v) is 10.1. The number of rotatable bonds is 8. The van der Waals surface area contributed by atoms with Gasteiger partial charge in [-0.1, -0.05) is 48.0 Å². The van der Waals surface area contributed by atoms with Crippen molar-refractivity contribution in [1.29, 1.82) is 0 Å². The SMILES string of the molecule is COc1ccccc1OCCCCn1c(-c2ccccc2Cl)nc2ccccc21. The molecule has 0 unspecified atom stereocenters. The van der Waals surface area contributed by atoms with Crippen molar-refractivity contribution in [3.63, 3.8) is 0 Å². The van der Waals surface area contributed by atoms with E-state index in [1.165, 1.54) is 0 Å². The number of halogens is 1. The lowest BCUT2D eigenvalue weighted by Crippen LogP contribution is -2.04. The van der Waals surface area contributed by atoms with Crippen LogP contribution in [0.3, 0.4) is 0 Å². The summed E-state index contributed by atoms with van der Waals surface area (Å²) in [7, 11) is 1.66. The van der Waals surface area contributed by atoms with Gasteiger partial charge in [0.15, 0.2) is 11.5 Å². The normalized spacial score (nSPS) is 11.0. The third-order valence-corrected chi connectivity index (χ3v) is 5.20. The Morgan fingerprint density at radius 2 is 1.59 bits per heavy atom. The highest BCUT2D eigenvalue weighted by Crippen LogP contribution is 2.30. The fourth-order valence-electron chi connectivity index (χ4n) is 3.44. The molecule has 0 atom stereocenters. The largest absolute Gasteiger partial charge is 0.493 e. The Kier molecular flexibility index (Phi) is 6.01. The summed E-state index contributed by atoms with van der Waals surface area (Å²) in [5.41, 5.74) is 3.05. The molecule has 5 heteroatoms. The molecule has 3 aromatic carbocycles. The Morgan fingerprint density at radius 1 is 0.862 bits per heavy atom. The number of ether oxygens (including phenoxy) is 2. The van der Waals surface area contributed by atoms with Gasteiger partial charge in [-0.3, -0.25) is 0 Å². The van der Waals surface area contributed by atoms with Crippen LogP contribution < -0.4 is 9.47 Å². The highest BCUT2D eigenvalue weighted by Gasteiger charge is 2.14. The topological polar surface area (TPSA) is 36.3 Å². The van der Waals surface area contributed by atoms with E-state index in [2.05, 4.69) is 10.6 Å². The molecule has 4 rings (SSSR count). The van der Waals surface area contributed by atoms with E-state index in [4.69, 9.17) is 26.1 Å². The number of aromatic nitrogens is 2. The van der Waals surface area contributed by atoms with E-state index in [0.717, 1.165) is 53.3 Å². The molecule has 148 valence electrons. The number of benzene rings is 3. The molecule has 0 bridgehead atoms. The van der Waals surface area contributed by atoms with Crippen LogP contribution in [0.5, 0.6) is 11.5 Å². The van der Waals surface area contributed by atoms with Crippen LogP contribution in [0.2, 0.25) is 5.02 Å². The van der Waals surface area contributed by atoms with Gasteiger partial charge in [0, 0.05) is 12.1 Å². The second kappa shape index (κ2) is 9.01. The molecule has 0 aliphatic carbocycles. The van der Waals surface area contributed by atoms with E-state index in [9.17, 15) is 0 Å². The van der Waals surface area contributed by atoms with Crippen LogP contribution in [0.4, 0.5) is 0 Å². The quantitative estimate of drug-likeness (QED) is 0.326. The maximum absolute atomic E-state index is 6.45. The second-order valence-corrected chi connectivity index (χ2v) is 7.17. The number of hydrogen-bond donors (Lipinski definition) is 0. The van der Waals surface area contributed by atoms with Crippen molar-refractivity contribution in [2.45, 2.75) is 19.4 Å². The molecule has 29 heavy (non-hydrogen) atoms. The standard InChI is InChI=1S/C24H23ClN2O2/c1-28-22-14-6-7-15-23(22)29-17-9-8-16-27-21-13-5-4-12-20(21)26-24(27)18-10-2-3-11-19(18)25/h2-7,10-15H,8-9,16-17H2,1H3. The third kappa shape index (κ3) is 4.22. The van der Waals surface area contributed by atoms with E-state index in [1.807, 2.05) is 66.7 Å². The zero-order valence-electron chi connectivity index (χ0n) is 16.3. The first kappa shape index (κ1) is 19.3. The number of imidazole rings is 1. The number of fused-ring (bicyclic) bond motifs is 1. The fraction of sp³-hybridized carbons (Fsp3) is 0.208. The van der Waals surface area contributed by atoms with Crippen molar-refractivity contribution in [1.82, 2.24) is 9.55 Å². The van der Waals surface area contributed by atoms with Crippen LogP contribution in [0.25, 0.3) is 22.4 Å². The first-order chi connectivity index (χ1) is 14.3. The van der Waals surface area contributed by atoms with Crippen molar-refractivity contribution in [3.8, 4) is 22.9 Å². The summed E-state index contributed by atoms with van der Waals surface area (Å²) in [5.74, 6) is 2.44. The Bertz CT molecular complexity index is 1110. The van der Waals surface area contributed by atoms with E-state index in [0.29, 0.717) is 11.6 Å². The van der Waals surface area contributed by atoms with E-state index in [1.54, 1.807) is 7.11 Å². The summed E-state index contributed by atoms with van der Waals surface area (Å²) in [5, 5.41) is 0.712. The van der Waals surface area contributed by atoms with Crippen LogP contribution in [0.1, 0.15) is 12.8 Å². The number of hydrogen-bond acceptors (Lipinski definition) is 3. The Morgan fingerprint density at radius 3 is 2.41 bits per heavy atom. The molecule has 0 saturated carbocycles. The average Bonchev–Trinajstić information content (AvgIpc) is 3.12. The number of aryl methyl sites for hydroxylation is 1. The van der Waals surface area contributed by atoms with Crippen LogP contribution >= 0.6 is 11.6 Å². The Hall–Kier alpha value is -2.98. The molecule has 1 aromatic heterocycles. The van der Waals surface area contributed by atoms with E-state index in [-0.39, 0.29) is 0 Å². The number of methoxy groups -OCH3 is 1. The minimum Gasteiger partial charge on any atom is -0.493 e. The van der Waals surface area contributed by atoms with Crippen molar-refractivity contribution in [2.75, 3.05) is 13.7 Å². The van der Waals surface area contributed by atoms with Gasteiger partial charge in [-0.2, -0.15) is 0 Å². The van der Waals surface area contributed by atoms with E-state index < -0.39 is 0 Å². The van der Waals surface area contributed by atoms with Gasteiger partial charge in [0.2, 0.25) is 0 Å². The highest BCUT2D eigenvalue weighted by atomic mass is 35.5. The number of nitrogens with zero attached hydrogens (tertiary/aromatic N) is 2. The van der Waals surface area contributed by atoms with Crippen molar-refractivity contribution in [2.24, 2.45) is 0 Å². The summed E-state index contributed by atoms with van der Waals surface area (Å²) >= 11 is 6.45. The highest BCUT2D eigenvalue weighted by molar-refractivity contribution is 6.33. The molecular formula is C24H23ClN2O2. The lowest BCUT2D eigenvalue weighted by Gasteiger charge is -2.12. The smallest absolute Gasteiger partial charge is 0.161 e. The summed E-state index contributed by atoms with van der Waals surface area (Å²) in [6, 6.07) is 23.8. The predicted molar refractivity (Wildman–Crippen MR) is 118 cm³/mol. The molecule has 0 radical (unpaired) electrons. The zero-order valence-corrected chi connectivity index (χ0v) is 17.1. The minimum atomic E-state index is 0.633. The van der Waals surface area contributed by atoms with Gasteiger partial charge in [0.1, 0.15) is 5.82 Å². The number of para-hydroxylation sites is 4. The van der Waals surface area contributed by atoms with Gasteiger partial charge in [-0.25, -0.2) is 4.98 Å². The maximum Gasteiger partial charge on any atom is 0.161 e. The van der Waals surface area contributed by atoms with Crippen molar-refractivity contribution in [3.05, 3.63) is 77.8 Å². The van der Waals surface area contributed by atoms with Crippen LogP contribution in [-0.4, -0.2) is 23.3 Å². The van der Waals surface area contributed by atoms with Crippen molar-refractivity contribution >= 4 is 22.6 Å². The van der Waals surface area contributed by atoms with Gasteiger partial charge in [-0.05, 0) is 49.2 Å². The van der Waals surface area contributed by atoms with Gasteiger partial charge in [0.25, 0.3) is 0 Å². The molecule has 0 N–H and O–H groups in total. The average molecular weight is 407 g/mol. The van der Waals surface area contributed by atoms with E-state index >= 15 is 0 Å².